The fraction of sp³-hybridized carbons (Fsp3) is 0.375. The fourth-order valence-electron chi connectivity index (χ4n) is 1.02. The van der Waals surface area contributed by atoms with Crippen LogP contribution in [0.5, 0.6) is 0 Å². The highest BCUT2D eigenvalue weighted by Crippen LogP contribution is 2.33. The summed E-state index contributed by atoms with van der Waals surface area (Å²) < 4.78 is 36.9. The predicted octanol–water partition coefficient (Wildman–Crippen LogP) is 1.92. The van der Waals surface area contributed by atoms with E-state index >= 15 is 0 Å². The predicted molar refractivity (Wildman–Crippen MR) is 52.2 cm³/mol. The summed E-state index contributed by atoms with van der Waals surface area (Å²) in [4.78, 5) is 24.8. The van der Waals surface area contributed by atoms with Crippen molar-refractivity contribution in [1.29, 1.82) is 0 Å². The second-order valence-corrected chi connectivity index (χ2v) is 4.21. The molecule has 0 bridgehead atoms. The van der Waals surface area contributed by atoms with E-state index in [4.69, 9.17) is 5.11 Å². The van der Waals surface area contributed by atoms with E-state index in [2.05, 4.69) is 4.98 Å². The molecule has 0 saturated heterocycles. The smallest absolute Gasteiger partial charge is 0.443 e. The van der Waals surface area contributed by atoms with Crippen LogP contribution in [0.3, 0.4) is 0 Å². The third-order valence-electron chi connectivity index (χ3n) is 1.70. The van der Waals surface area contributed by atoms with E-state index in [-0.39, 0.29) is 10.6 Å². The molecule has 0 atom stereocenters. The second-order valence-electron chi connectivity index (χ2n) is 3.00. The maximum Gasteiger partial charge on any atom is 0.443 e. The molecule has 1 heterocycles. The highest BCUT2D eigenvalue weighted by atomic mass is 32.1. The number of rotatable bonds is 3. The van der Waals surface area contributed by atoms with E-state index in [0.29, 0.717) is 11.3 Å². The van der Waals surface area contributed by atoms with Crippen LogP contribution in [0.1, 0.15) is 20.4 Å². The Kier molecular flexibility index (Phi) is 3.71. The van der Waals surface area contributed by atoms with Crippen molar-refractivity contribution in [2.45, 2.75) is 13.1 Å². The molecule has 1 aromatic heterocycles. The highest BCUT2D eigenvalue weighted by Gasteiger charge is 2.36. The molecule has 1 amide bonds. The van der Waals surface area contributed by atoms with E-state index in [1.54, 1.807) is 5.32 Å². The first-order chi connectivity index (χ1) is 7.71. The molecule has 0 spiro atoms. The van der Waals surface area contributed by atoms with Gasteiger partial charge in [-0.3, -0.25) is 4.79 Å². The quantitative estimate of drug-likeness (QED) is 0.821. The van der Waals surface area contributed by atoms with Crippen LogP contribution in [-0.4, -0.2) is 28.5 Å². The molecule has 1 rings (SSSR count). The Balaban J connectivity index is 2.88. The van der Waals surface area contributed by atoms with E-state index < -0.39 is 29.6 Å². The molecule has 0 unspecified atom stereocenters. The Bertz CT molecular complexity index is 455. The van der Waals surface area contributed by atoms with Crippen LogP contribution in [0.2, 0.25) is 0 Å². The SMILES string of the molecule is Cc1sc(C(F)(F)F)nc1C(=O)CNC(=O)O. The maximum absolute atomic E-state index is 12.3. The number of ketones is 1. The minimum atomic E-state index is -4.60. The number of hydrogen-bond donors (Lipinski definition) is 2. The van der Waals surface area contributed by atoms with Crippen molar-refractivity contribution in [2.75, 3.05) is 6.54 Å². The Morgan fingerprint density at radius 1 is 1.47 bits per heavy atom. The second kappa shape index (κ2) is 4.70. The van der Waals surface area contributed by atoms with Crippen LogP contribution >= 0.6 is 11.3 Å². The van der Waals surface area contributed by atoms with Gasteiger partial charge in [-0.25, -0.2) is 9.78 Å². The number of carboxylic acid groups (broad SMARTS) is 1. The van der Waals surface area contributed by atoms with Crippen molar-refractivity contribution < 1.29 is 27.9 Å². The molecule has 2 N–H and O–H groups in total. The van der Waals surface area contributed by atoms with Crippen LogP contribution in [-0.2, 0) is 6.18 Å². The number of nitrogens with zero attached hydrogens (tertiary/aromatic N) is 1. The van der Waals surface area contributed by atoms with Crippen LogP contribution in [0, 0.1) is 6.92 Å². The number of carbonyl (C=O) groups is 2. The summed E-state index contributed by atoms with van der Waals surface area (Å²) in [6.07, 6.45) is -6.03. The van der Waals surface area contributed by atoms with Gasteiger partial charge in [0.2, 0.25) is 5.78 Å². The zero-order valence-electron chi connectivity index (χ0n) is 8.46. The lowest BCUT2D eigenvalue weighted by molar-refractivity contribution is -0.137. The van der Waals surface area contributed by atoms with Crippen molar-refractivity contribution >= 4 is 23.2 Å². The Labute approximate surface area is 97.3 Å². The first-order valence-corrected chi connectivity index (χ1v) is 5.08. The number of carbonyl (C=O) groups excluding carboxylic acids is 1. The first kappa shape index (κ1) is 13.4. The van der Waals surface area contributed by atoms with Crippen molar-refractivity contribution in [2.24, 2.45) is 0 Å². The summed E-state index contributed by atoms with van der Waals surface area (Å²) in [6, 6.07) is 0. The highest BCUT2D eigenvalue weighted by molar-refractivity contribution is 7.12. The summed E-state index contributed by atoms with van der Waals surface area (Å²) in [5.41, 5.74) is -0.351. The molecule has 0 saturated carbocycles. The first-order valence-electron chi connectivity index (χ1n) is 4.26. The Morgan fingerprint density at radius 2 is 2.06 bits per heavy atom. The van der Waals surface area contributed by atoms with Crippen molar-refractivity contribution in [1.82, 2.24) is 10.3 Å². The van der Waals surface area contributed by atoms with E-state index in [1.807, 2.05) is 0 Å². The number of thiazole rings is 1. The van der Waals surface area contributed by atoms with E-state index in [9.17, 15) is 22.8 Å². The van der Waals surface area contributed by atoms with Gasteiger partial charge >= 0.3 is 12.3 Å². The number of halogens is 3. The van der Waals surface area contributed by atoms with Gasteiger partial charge in [0.1, 0.15) is 5.69 Å². The molecule has 0 aliphatic rings. The lowest BCUT2D eigenvalue weighted by Gasteiger charge is -2.00. The number of Topliss-reactive ketones (excluding diaryl/α,β-unsaturated/α-hetero) is 1. The number of alkyl halides is 3. The van der Waals surface area contributed by atoms with Gasteiger partial charge in [-0.2, -0.15) is 13.2 Å². The zero-order chi connectivity index (χ0) is 13.2. The van der Waals surface area contributed by atoms with Crippen molar-refractivity contribution in [3.05, 3.63) is 15.6 Å². The number of aromatic nitrogens is 1. The third kappa shape index (κ3) is 3.41. The van der Waals surface area contributed by atoms with Gasteiger partial charge in [-0.05, 0) is 6.92 Å². The summed E-state index contributed by atoms with van der Waals surface area (Å²) >= 11 is 0.352. The zero-order valence-corrected chi connectivity index (χ0v) is 9.28. The third-order valence-corrected chi connectivity index (χ3v) is 2.72. The summed E-state index contributed by atoms with van der Waals surface area (Å²) in [7, 11) is 0. The normalized spacial score (nSPS) is 11.3. The Hall–Kier alpha value is -1.64. The average Bonchev–Trinajstić information content (AvgIpc) is 2.56. The molecular formula is C8H7F3N2O3S. The number of aryl methyl sites for hydroxylation is 1. The monoisotopic (exact) mass is 268 g/mol. The topological polar surface area (TPSA) is 79.3 Å². The van der Waals surface area contributed by atoms with E-state index in [1.165, 1.54) is 6.92 Å². The molecular weight excluding hydrogens is 261 g/mol. The fourth-order valence-corrected chi connectivity index (χ4v) is 1.81. The van der Waals surface area contributed by atoms with Crippen LogP contribution in [0.25, 0.3) is 0 Å². The van der Waals surface area contributed by atoms with Gasteiger partial charge in [-0.15, -0.1) is 11.3 Å². The molecule has 0 aliphatic heterocycles. The maximum atomic E-state index is 12.3. The standard InChI is InChI=1S/C8H7F3N2O3S/c1-3-5(4(14)2-12-7(15)16)13-6(17-3)8(9,10)11/h12H,2H2,1H3,(H,15,16). The summed E-state index contributed by atoms with van der Waals surface area (Å²) in [5, 5.41) is 8.90. The average molecular weight is 268 g/mol. The van der Waals surface area contributed by atoms with Crippen LogP contribution < -0.4 is 5.32 Å². The molecule has 94 valence electrons. The van der Waals surface area contributed by atoms with Crippen molar-refractivity contribution in [3.8, 4) is 0 Å². The molecule has 9 heteroatoms. The number of hydrogen-bond acceptors (Lipinski definition) is 4. The molecule has 0 radical (unpaired) electrons. The van der Waals surface area contributed by atoms with Gasteiger partial charge < -0.3 is 10.4 Å². The van der Waals surface area contributed by atoms with Crippen LogP contribution in [0.4, 0.5) is 18.0 Å². The lowest BCUT2D eigenvalue weighted by Crippen LogP contribution is -2.28. The summed E-state index contributed by atoms with van der Waals surface area (Å²) in [5.74, 6) is -0.795. The lowest BCUT2D eigenvalue weighted by atomic mass is 10.2. The molecule has 5 nitrogen and oxygen atoms in total. The van der Waals surface area contributed by atoms with E-state index in [0.717, 1.165) is 0 Å². The van der Waals surface area contributed by atoms with Gasteiger partial charge in [-0.1, -0.05) is 0 Å². The van der Waals surface area contributed by atoms with Crippen molar-refractivity contribution in [3.63, 3.8) is 0 Å². The number of nitrogens with one attached hydrogen (secondary N) is 1. The number of amides is 1. The van der Waals surface area contributed by atoms with Gasteiger partial charge in [0.15, 0.2) is 5.01 Å². The van der Waals surface area contributed by atoms with Gasteiger partial charge in [0.05, 0.1) is 6.54 Å². The van der Waals surface area contributed by atoms with Gasteiger partial charge in [0.25, 0.3) is 0 Å². The summed E-state index contributed by atoms with van der Waals surface area (Å²) in [6.45, 7) is 0.720. The largest absolute Gasteiger partial charge is 0.465 e. The molecule has 1 aromatic rings. The Morgan fingerprint density at radius 3 is 2.47 bits per heavy atom. The molecule has 0 aliphatic carbocycles. The van der Waals surface area contributed by atoms with Crippen LogP contribution in [0.15, 0.2) is 0 Å². The minimum absolute atomic E-state index is 0.106. The molecule has 0 fully saturated rings. The molecule has 0 aromatic carbocycles. The van der Waals surface area contributed by atoms with Gasteiger partial charge in [0, 0.05) is 4.88 Å². The molecule has 17 heavy (non-hydrogen) atoms. The minimum Gasteiger partial charge on any atom is -0.465 e.